The second kappa shape index (κ2) is 5.93. The van der Waals surface area contributed by atoms with Crippen LogP contribution in [0.25, 0.3) is 0 Å². The van der Waals surface area contributed by atoms with Gasteiger partial charge < -0.3 is 10.6 Å². The van der Waals surface area contributed by atoms with Crippen LogP contribution >= 0.6 is 0 Å². The molecule has 0 spiro atoms. The Morgan fingerprint density at radius 3 is 2.37 bits per heavy atom. The summed E-state index contributed by atoms with van der Waals surface area (Å²) in [5.74, 6) is 0. The predicted octanol–water partition coefficient (Wildman–Crippen LogP) is 2.51. The molecule has 1 heterocycles. The molecule has 1 atom stereocenters. The molecule has 1 unspecified atom stereocenters. The van der Waals surface area contributed by atoms with Crippen molar-refractivity contribution in [1.82, 2.24) is 5.06 Å². The molecule has 1 aliphatic heterocycles. The van der Waals surface area contributed by atoms with Crippen molar-refractivity contribution in [1.29, 1.82) is 0 Å². The average Bonchev–Trinajstić information content (AvgIpc) is 2.46. The van der Waals surface area contributed by atoms with Gasteiger partial charge in [0.05, 0.1) is 6.04 Å². The van der Waals surface area contributed by atoms with E-state index in [0.29, 0.717) is 5.06 Å². The predicted molar refractivity (Wildman–Crippen MR) is 74.1 cm³/mol. The third-order valence-corrected chi connectivity index (χ3v) is 3.69. The number of nitrogens with two attached hydrogens (primary N) is 1. The first-order valence-corrected chi connectivity index (χ1v) is 6.72. The summed E-state index contributed by atoms with van der Waals surface area (Å²) in [5.41, 5.74) is 7.11. The zero-order chi connectivity index (χ0) is 13.8. The lowest BCUT2D eigenvalue weighted by Gasteiger charge is -2.29. The summed E-state index contributed by atoms with van der Waals surface area (Å²) in [6.45, 7) is 3.94. The molecule has 0 saturated carbocycles. The minimum absolute atomic E-state index is 0.437. The lowest BCUT2D eigenvalue weighted by Crippen LogP contribution is -2.34. The number of carbonyl (C=O) groups excluding carboxylic acids is 1. The van der Waals surface area contributed by atoms with Gasteiger partial charge in [-0.2, -0.15) is 5.06 Å². The first-order chi connectivity index (χ1) is 9.09. The number of piperidine rings is 1. The molecule has 5 nitrogen and oxygen atoms in total. The second-order valence-corrected chi connectivity index (χ2v) is 5.00. The Labute approximate surface area is 113 Å². The van der Waals surface area contributed by atoms with Gasteiger partial charge in [0.15, 0.2) is 0 Å². The standard InChI is InChI=1S/C14H21N3O2/c1-11(17(19)14(15)18)12-5-7-13(8-6-12)16-9-3-2-4-10-16/h5-8,11,19H,2-4,9-10H2,1H3,(H2,15,18). The van der Waals surface area contributed by atoms with Gasteiger partial charge in [0.25, 0.3) is 0 Å². The molecule has 1 aromatic carbocycles. The van der Waals surface area contributed by atoms with E-state index in [0.717, 1.165) is 18.7 Å². The zero-order valence-corrected chi connectivity index (χ0v) is 11.2. The van der Waals surface area contributed by atoms with Gasteiger partial charge in [0, 0.05) is 18.8 Å². The van der Waals surface area contributed by atoms with Crippen LogP contribution in [0.4, 0.5) is 10.5 Å². The van der Waals surface area contributed by atoms with Gasteiger partial charge in [-0.05, 0) is 43.9 Å². The van der Waals surface area contributed by atoms with E-state index in [9.17, 15) is 10.0 Å². The van der Waals surface area contributed by atoms with Gasteiger partial charge >= 0.3 is 6.03 Å². The SMILES string of the molecule is CC(c1ccc(N2CCCCC2)cc1)N(O)C(N)=O. The van der Waals surface area contributed by atoms with Crippen molar-refractivity contribution in [3.8, 4) is 0 Å². The lowest BCUT2D eigenvalue weighted by molar-refractivity contribution is -0.0709. The molecule has 19 heavy (non-hydrogen) atoms. The highest BCUT2D eigenvalue weighted by atomic mass is 16.5. The van der Waals surface area contributed by atoms with Crippen molar-refractivity contribution in [3.63, 3.8) is 0 Å². The van der Waals surface area contributed by atoms with E-state index in [1.807, 2.05) is 24.3 Å². The summed E-state index contributed by atoms with van der Waals surface area (Å²) < 4.78 is 0. The number of anilines is 1. The minimum Gasteiger partial charge on any atom is -0.372 e. The summed E-state index contributed by atoms with van der Waals surface area (Å²) in [5, 5.41) is 10.1. The van der Waals surface area contributed by atoms with Crippen LogP contribution < -0.4 is 10.6 Å². The monoisotopic (exact) mass is 263 g/mol. The first kappa shape index (κ1) is 13.7. The van der Waals surface area contributed by atoms with Gasteiger partial charge in [0.1, 0.15) is 0 Å². The van der Waals surface area contributed by atoms with Gasteiger partial charge in [-0.25, -0.2) is 4.79 Å². The maximum absolute atomic E-state index is 10.9. The van der Waals surface area contributed by atoms with Crippen LogP contribution in [0, 0.1) is 0 Å². The zero-order valence-electron chi connectivity index (χ0n) is 11.2. The van der Waals surface area contributed by atoms with E-state index < -0.39 is 12.1 Å². The normalized spacial score (nSPS) is 17.1. The summed E-state index contributed by atoms with van der Waals surface area (Å²) in [6, 6.07) is 6.65. The van der Waals surface area contributed by atoms with E-state index in [-0.39, 0.29) is 0 Å². The summed E-state index contributed by atoms with van der Waals surface area (Å²) >= 11 is 0. The number of rotatable bonds is 3. The van der Waals surface area contributed by atoms with Crippen LogP contribution in [0.5, 0.6) is 0 Å². The van der Waals surface area contributed by atoms with E-state index in [1.165, 1.54) is 24.9 Å². The molecular formula is C14H21N3O2. The number of hydrogen-bond acceptors (Lipinski definition) is 3. The fraction of sp³-hybridized carbons (Fsp3) is 0.500. The summed E-state index contributed by atoms with van der Waals surface area (Å²) in [4.78, 5) is 13.3. The molecule has 0 radical (unpaired) electrons. The van der Waals surface area contributed by atoms with Crippen LogP contribution in [0.3, 0.4) is 0 Å². The third-order valence-electron chi connectivity index (χ3n) is 3.69. The first-order valence-electron chi connectivity index (χ1n) is 6.72. The van der Waals surface area contributed by atoms with Crippen molar-refractivity contribution in [2.75, 3.05) is 18.0 Å². The summed E-state index contributed by atoms with van der Waals surface area (Å²) in [6.07, 6.45) is 3.79. The van der Waals surface area contributed by atoms with E-state index in [1.54, 1.807) is 6.92 Å². The Morgan fingerprint density at radius 1 is 1.26 bits per heavy atom. The molecule has 2 rings (SSSR count). The van der Waals surface area contributed by atoms with Crippen LogP contribution in [-0.4, -0.2) is 29.4 Å². The fourth-order valence-electron chi connectivity index (χ4n) is 2.45. The van der Waals surface area contributed by atoms with Crippen molar-refractivity contribution >= 4 is 11.7 Å². The van der Waals surface area contributed by atoms with Crippen molar-refractivity contribution in [2.45, 2.75) is 32.2 Å². The van der Waals surface area contributed by atoms with Gasteiger partial charge in [-0.3, -0.25) is 5.21 Å². The molecule has 104 valence electrons. The second-order valence-electron chi connectivity index (χ2n) is 5.00. The van der Waals surface area contributed by atoms with Crippen molar-refractivity contribution in [3.05, 3.63) is 29.8 Å². The molecule has 1 saturated heterocycles. The maximum Gasteiger partial charge on any atom is 0.339 e. The number of primary amides is 1. The number of carbonyl (C=O) groups is 1. The number of benzene rings is 1. The van der Waals surface area contributed by atoms with Gasteiger partial charge in [0.2, 0.25) is 0 Å². The van der Waals surface area contributed by atoms with E-state index in [2.05, 4.69) is 4.90 Å². The Hall–Kier alpha value is -1.75. The van der Waals surface area contributed by atoms with E-state index >= 15 is 0 Å². The van der Waals surface area contributed by atoms with Gasteiger partial charge in [-0.1, -0.05) is 12.1 Å². The molecule has 3 N–H and O–H groups in total. The molecular weight excluding hydrogens is 242 g/mol. The number of urea groups is 1. The Kier molecular flexibility index (Phi) is 4.27. The molecule has 5 heteroatoms. The molecule has 0 bridgehead atoms. The van der Waals surface area contributed by atoms with Crippen LogP contribution in [-0.2, 0) is 0 Å². The highest BCUT2D eigenvalue weighted by molar-refractivity contribution is 5.71. The quantitative estimate of drug-likeness (QED) is 0.650. The topological polar surface area (TPSA) is 69.8 Å². The Balaban J connectivity index is 2.07. The number of hydroxylamine groups is 2. The van der Waals surface area contributed by atoms with Crippen LogP contribution in [0.2, 0.25) is 0 Å². The Bertz CT molecular complexity index is 427. The lowest BCUT2D eigenvalue weighted by atomic mass is 10.1. The largest absolute Gasteiger partial charge is 0.372 e. The number of hydrogen-bond donors (Lipinski definition) is 2. The molecule has 1 aliphatic rings. The number of amides is 2. The average molecular weight is 263 g/mol. The third kappa shape index (κ3) is 3.17. The highest BCUT2D eigenvalue weighted by Crippen LogP contribution is 2.24. The van der Waals surface area contributed by atoms with E-state index in [4.69, 9.17) is 5.73 Å². The summed E-state index contributed by atoms with van der Waals surface area (Å²) in [7, 11) is 0. The van der Waals surface area contributed by atoms with Crippen molar-refractivity contribution < 1.29 is 10.0 Å². The maximum atomic E-state index is 10.9. The van der Waals surface area contributed by atoms with Crippen LogP contribution in [0.15, 0.2) is 24.3 Å². The van der Waals surface area contributed by atoms with Crippen molar-refractivity contribution in [2.24, 2.45) is 5.73 Å². The molecule has 0 aromatic heterocycles. The number of nitrogens with zero attached hydrogens (tertiary/aromatic N) is 2. The molecule has 1 fully saturated rings. The minimum atomic E-state index is -0.840. The van der Waals surface area contributed by atoms with Gasteiger partial charge in [-0.15, -0.1) is 0 Å². The smallest absolute Gasteiger partial charge is 0.339 e. The highest BCUT2D eigenvalue weighted by Gasteiger charge is 2.17. The molecule has 1 aromatic rings. The molecule has 0 aliphatic carbocycles. The molecule has 2 amide bonds. The van der Waals surface area contributed by atoms with Crippen LogP contribution in [0.1, 0.15) is 37.8 Å². The fourth-order valence-corrected chi connectivity index (χ4v) is 2.45. The Morgan fingerprint density at radius 2 is 1.84 bits per heavy atom.